The molecule has 0 radical (unpaired) electrons. The fraction of sp³-hybridized carbons (Fsp3) is 0.600. The molecular weight excluding hydrogens is 272 g/mol. The molecule has 1 aromatic rings. The van der Waals surface area contributed by atoms with Crippen molar-refractivity contribution in [1.82, 2.24) is 5.32 Å². The second-order valence-electron chi connectivity index (χ2n) is 5.99. The van der Waals surface area contributed by atoms with Crippen LogP contribution in [0.3, 0.4) is 0 Å². The number of non-ortho nitro benzene ring substituents is 1. The summed E-state index contributed by atoms with van der Waals surface area (Å²) in [7, 11) is 0. The van der Waals surface area contributed by atoms with E-state index in [0.29, 0.717) is 31.0 Å². The minimum absolute atomic E-state index is 0.0339. The first kappa shape index (κ1) is 17.4. The van der Waals surface area contributed by atoms with Gasteiger partial charge in [-0.3, -0.25) is 10.1 Å². The van der Waals surface area contributed by atoms with E-state index >= 15 is 0 Å². The van der Waals surface area contributed by atoms with Crippen molar-refractivity contribution in [3.05, 3.63) is 33.9 Å². The second kappa shape index (κ2) is 7.38. The van der Waals surface area contributed by atoms with Crippen LogP contribution in [-0.4, -0.2) is 29.3 Å². The third kappa shape index (κ3) is 5.32. The third-order valence-electron chi connectivity index (χ3n) is 3.21. The van der Waals surface area contributed by atoms with Crippen molar-refractivity contribution in [3.8, 4) is 5.75 Å². The molecular formula is C15H24N2O4. The van der Waals surface area contributed by atoms with E-state index < -0.39 is 11.0 Å². The first-order valence-corrected chi connectivity index (χ1v) is 7.04. The van der Waals surface area contributed by atoms with Gasteiger partial charge in [-0.05, 0) is 18.4 Å². The molecule has 0 heterocycles. The number of hydrogen-bond donors (Lipinski definition) is 2. The predicted molar refractivity (Wildman–Crippen MR) is 81.4 cm³/mol. The maximum absolute atomic E-state index is 10.8. The standard InChI is InChI=1S/C15H24N2O4/c1-5-21-13-7-6-12(17(19)20)8-11(13)9-16-10-14(18)15(2,3)4/h6-8,14,16,18H,5,9-10H2,1-4H3. The van der Waals surface area contributed by atoms with E-state index in [1.54, 1.807) is 6.07 Å². The van der Waals surface area contributed by atoms with E-state index in [1.165, 1.54) is 12.1 Å². The summed E-state index contributed by atoms with van der Waals surface area (Å²) < 4.78 is 5.47. The monoisotopic (exact) mass is 296 g/mol. The minimum atomic E-state index is -0.494. The fourth-order valence-corrected chi connectivity index (χ4v) is 1.76. The molecule has 1 aromatic carbocycles. The second-order valence-corrected chi connectivity index (χ2v) is 5.99. The summed E-state index contributed by atoms with van der Waals surface area (Å²) in [5.74, 6) is 0.626. The predicted octanol–water partition coefficient (Wildman–Crippen LogP) is 2.49. The van der Waals surface area contributed by atoms with Gasteiger partial charge in [-0.2, -0.15) is 0 Å². The Morgan fingerprint density at radius 3 is 2.62 bits per heavy atom. The van der Waals surface area contributed by atoms with Gasteiger partial charge in [-0.1, -0.05) is 20.8 Å². The van der Waals surface area contributed by atoms with Crippen molar-refractivity contribution in [2.45, 2.75) is 40.3 Å². The van der Waals surface area contributed by atoms with Gasteiger partial charge in [0.2, 0.25) is 0 Å². The zero-order chi connectivity index (χ0) is 16.0. The van der Waals surface area contributed by atoms with E-state index in [1.807, 2.05) is 27.7 Å². The maximum atomic E-state index is 10.8. The summed E-state index contributed by atoms with van der Waals surface area (Å²) in [6, 6.07) is 4.54. The number of benzene rings is 1. The molecule has 2 N–H and O–H groups in total. The van der Waals surface area contributed by atoms with Crippen LogP contribution in [0.5, 0.6) is 5.75 Å². The van der Waals surface area contributed by atoms with Crippen molar-refractivity contribution < 1.29 is 14.8 Å². The molecule has 1 unspecified atom stereocenters. The van der Waals surface area contributed by atoms with Gasteiger partial charge in [0.15, 0.2) is 0 Å². The first-order valence-electron chi connectivity index (χ1n) is 7.04. The largest absolute Gasteiger partial charge is 0.494 e. The zero-order valence-electron chi connectivity index (χ0n) is 13.0. The number of aliphatic hydroxyl groups excluding tert-OH is 1. The van der Waals surface area contributed by atoms with Gasteiger partial charge < -0.3 is 15.2 Å². The molecule has 6 nitrogen and oxygen atoms in total. The van der Waals surface area contributed by atoms with Crippen molar-refractivity contribution in [1.29, 1.82) is 0 Å². The quantitative estimate of drug-likeness (QED) is 0.596. The van der Waals surface area contributed by atoms with Crippen molar-refractivity contribution in [3.63, 3.8) is 0 Å². The Kier molecular flexibility index (Phi) is 6.11. The Bertz CT molecular complexity index is 483. The third-order valence-corrected chi connectivity index (χ3v) is 3.21. The SMILES string of the molecule is CCOc1ccc([N+](=O)[O-])cc1CNCC(O)C(C)(C)C. The summed E-state index contributed by atoms with van der Waals surface area (Å²) in [4.78, 5) is 10.4. The number of aliphatic hydroxyl groups is 1. The number of ether oxygens (including phenoxy) is 1. The lowest BCUT2D eigenvalue weighted by molar-refractivity contribution is -0.384. The van der Waals surface area contributed by atoms with Gasteiger partial charge in [0.05, 0.1) is 17.6 Å². The van der Waals surface area contributed by atoms with Gasteiger partial charge in [0.25, 0.3) is 5.69 Å². The summed E-state index contributed by atoms with van der Waals surface area (Å²) in [5, 5.41) is 23.9. The van der Waals surface area contributed by atoms with Crippen LogP contribution >= 0.6 is 0 Å². The highest BCUT2D eigenvalue weighted by molar-refractivity contribution is 5.43. The average molecular weight is 296 g/mol. The minimum Gasteiger partial charge on any atom is -0.494 e. The summed E-state index contributed by atoms with van der Waals surface area (Å²) in [5.41, 5.74) is 0.539. The van der Waals surface area contributed by atoms with E-state index in [9.17, 15) is 15.2 Å². The van der Waals surface area contributed by atoms with Crippen LogP contribution in [0.4, 0.5) is 5.69 Å². The van der Waals surface area contributed by atoms with Crippen LogP contribution in [0.15, 0.2) is 18.2 Å². The highest BCUT2D eigenvalue weighted by atomic mass is 16.6. The molecule has 0 aliphatic rings. The van der Waals surface area contributed by atoms with E-state index in [2.05, 4.69) is 5.32 Å². The van der Waals surface area contributed by atoms with E-state index in [-0.39, 0.29) is 11.1 Å². The highest BCUT2D eigenvalue weighted by Crippen LogP contribution is 2.24. The van der Waals surface area contributed by atoms with Crippen molar-refractivity contribution in [2.75, 3.05) is 13.2 Å². The Labute approximate surface area is 125 Å². The number of rotatable bonds is 7. The van der Waals surface area contributed by atoms with E-state index in [0.717, 1.165) is 0 Å². The molecule has 0 bridgehead atoms. The molecule has 0 aromatic heterocycles. The molecule has 0 aliphatic heterocycles. The first-order chi connectivity index (χ1) is 9.75. The summed E-state index contributed by atoms with van der Waals surface area (Å²) in [6.07, 6.45) is -0.494. The molecule has 0 saturated heterocycles. The fourth-order valence-electron chi connectivity index (χ4n) is 1.76. The Morgan fingerprint density at radius 1 is 1.43 bits per heavy atom. The van der Waals surface area contributed by atoms with Gasteiger partial charge >= 0.3 is 0 Å². The van der Waals surface area contributed by atoms with Gasteiger partial charge in [0, 0.05) is 30.8 Å². The Morgan fingerprint density at radius 2 is 2.10 bits per heavy atom. The van der Waals surface area contributed by atoms with Crippen LogP contribution in [0.1, 0.15) is 33.3 Å². The molecule has 6 heteroatoms. The topological polar surface area (TPSA) is 84.6 Å². The summed E-state index contributed by atoms with van der Waals surface area (Å²) >= 11 is 0. The molecule has 0 aliphatic carbocycles. The van der Waals surface area contributed by atoms with Crippen molar-refractivity contribution >= 4 is 5.69 Å². The molecule has 1 rings (SSSR count). The molecule has 118 valence electrons. The molecule has 0 spiro atoms. The number of nitro benzene ring substituents is 1. The smallest absolute Gasteiger partial charge is 0.270 e. The lowest BCUT2D eigenvalue weighted by Gasteiger charge is -2.26. The lowest BCUT2D eigenvalue weighted by atomic mass is 9.89. The molecule has 1 atom stereocenters. The Balaban J connectivity index is 2.75. The van der Waals surface area contributed by atoms with E-state index in [4.69, 9.17) is 4.74 Å². The van der Waals surface area contributed by atoms with Crippen LogP contribution in [0.25, 0.3) is 0 Å². The maximum Gasteiger partial charge on any atom is 0.270 e. The number of hydrogen-bond acceptors (Lipinski definition) is 5. The van der Waals surface area contributed by atoms with Crippen LogP contribution in [-0.2, 0) is 6.54 Å². The summed E-state index contributed by atoms with van der Waals surface area (Å²) in [6.45, 7) is 9.05. The van der Waals surface area contributed by atoms with Crippen LogP contribution in [0.2, 0.25) is 0 Å². The number of nitrogens with one attached hydrogen (secondary N) is 1. The number of nitro groups is 1. The molecule has 21 heavy (non-hydrogen) atoms. The number of nitrogens with zero attached hydrogens (tertiary/aromatic N) is 1. The van der Waals surface area contributed by atoms with Gasteiger partial charge in [-0.25, -0.2) is 0 Å². The normalized spacial score (nSPS) is 13.0. The van der Waals surface area contributed by atoms with Crippen molar-refractivity contribution in [2.24, 2.45) is 5.41 Å². The van der Waals surface area contributed by atoms with Crippen LogP contribution < -0.4 is 10.1 Å². The molecule has 0 saturated carbocycles. The zero-order valence-corrected chi connectivity index (χ0v) is 13.0. The highest BCUT2D eigenvalue weighted by Gasteiger charge is 2.21. The van der Waals surface area contributed by atoms with Gasteiger partial charge in [-0.15, -0.1) is 0 Å². The Hall–Kier alpha value is -1.66. The van der Waals surface area contributed by atoms with Gasteiger partial charge in [0.1, 0.15) is 5.75 Å². The molecule has 0 fully saturated rings. The lowest BCUT2D eigenvalue weighted by Crippen LogP contribution is -2.36. The molecule has 0 amide bonds. The average Bonchev–Trinajstić information content (AvgIpc) is 2.39. The van der Waals surface area contributed by atoms with Crippen LogP contribution in [0, 0.1) is 15.5 Å².